The van der Waals surface area contributed by atoms with Crippen molar-refractivity contribution in [3.63, 3.8) is 0 Å². The highest BCUT2D eigenvalue weighted by Crippen LogP contribution is 2.11. The topological polar surface area (TPSA) is 55.1 Å². The molecule has 1 fully saturated rings. The van der Waals surface area contributed by atoms with Gasteiger partial charge in [-0.25, -0.2) is 0 Å². The molecule has 1 aliphatic rings. The Labute approximate surface area is 54.6 Å². The third-order valence-electron chi connectivity index (χ3n) is 1.68. The first-order valence-electron chi connectivity index (χ1n) is 3.32. The van der Waals surface area contributed by atoms with Gasteiger partial charge >= 0.3 is 0 Å². The highest BCUT2D eigenvalue weighted by atomic mass is 16.2. The van der Waals surface area contributed by atoms with Gasteiger partial charge in [0.05, 0.1) is 0 Å². The Bertz CT molecular complexity index is 114. The molecule has 0 aromatic rings. The predicted molar refractivity (Wildman–Crippen MR) is 34.8 cm³/mol. The first kappa shape index (κ1) is 6.55. The number of amides is 1. The van der Waals surface area contributed by atoms with Crippen molar-refractivity contribution in [2.24, 2.45) is 11.7 Å². The molecule has 0 radical (unpaired) electrons. The summed E-state index contributed by atoms with van der Waals surface area (Å²) in [5.74, 6) is 0.385. The van der Waals surface area contributed by atoms with E-state index in [4.69, 9.17) is 5.73 Å². The van der Waals surface area contributed by atoms with Gasteiger partial charge in [0, 0.05) is 12.5 Å². The Morgan fingerprint density at radius 2 is 2.56 bits per heavy atom. The van der Waals surface area contributed by atoms with Gasteiger partial charge in [0.2, 0.25) is 5.91 Å². The van der Waals surface area contributed by atoms with Crippen molar-refractivity contribution in [2.45, 2.75) is 12.8 Å². The summed E-state index contributed by atoms with van der Waals surface area (Å²) in [5.41, 5.74) is 5.29. The maximum atomic E-state index is 10.8. The molecule has 0 saturated carbocycles. The second-order valence-electron chi connectivity index (χ2n) is 2.35. The number of hydrogen-bond acceptors (Lipinski definition) is 2. The van der Waals surface area contributed by atoms with Crippen LogP contribution in [0.2, 0.25) is 0 Å². The van der Waals surface area contributed by atoms with Crippen LogP contribution >= 0.6 is 0 Å². The van der Waals surface area contributed by atoms with E-state index in [1.807, 2.05) is 0 Å². The standard InChI is InChI=1S/C6H12N2O/c7-3-1-5-2-4-8-6(5)9/h5H,1-4,7H2,(H,8,9)/t5-/m0/s1. The van der Waals surface area contributed by atoms with Gasteiger partial charge in [-0.05, 0) is 19.4 Å². The second kappa shape index (κ2) is 2.82. The Kier molecular flexibility index (Phi) is 2.05. The molecule has 0 aromatic carbocycles. The van der Waals surface area contributed by atoms with E-state index >= 15 is 0 Å². The number of nitrogens with two attached hydrogens (primary N) is 1. The van der Waals surface area contributed by atoms with Crippen LogP contribution in [0.3, 0.4) is 0 Å². The molecule has 0 unspecified atom stereocenters. The van der Waals surface area contributed by atoms with E-state index < -0.39 is 0 Å². The first-order chi connectivity index (χ1) is 4.34. The molecule has 3 heteroatoms. The highest BCUT2D eigenvalue weighted by Gasteiger charge is 2.22. The minimum Gasteiger partial charge on any atom is -0.356 e. The summed E-state index contributed by atoms with van der Waals surface area (Å²) in [6, 6.07) is 0. The Hall–Kier alpha value is -0.570. The van der Waals surface area contributed by atoms with Crippen molar-refractivity contribution in [3.8, 4) is 0 Å². The molecule has 0 bridgehead atoms. The number of carbonyl (C=O) groups excluding carboxylic acids is 1. The normalized spacial score (nSPS) is 26.3. The van der Waals surface area contributed by atoms with Gasteiger partial charge < -0.3 is 11.1 Å². The van der Waals surface area contributed by atoms with Crippen LogP contribution < -0.4 is 11.1 Å². The molecule has 1 amide bonds. The van der Waals surface area contributed by atoms with Crippen molar-refractivity contribution in [1.82, 2.24) is 5.32 Å². The summed E-state index contributed by atoms with van der Waals surface area (Å²) in [4.78, 5) is 10.8. The summed E-state index contributed by atoms with van der Waals surface area (Å²) in [5, 5.41) is 2.76. The first-order valence-corrected chi connectivity index (χ1v) is 3.32. The van der Waals surface area contributed by atoms with Gasteiger partial charge in [-0.3, -0.25) is 4.79 Å². The molecule has 0 aliphatic carbocycles. The molecule has 1 atom stereocenters. The molecule has 0 spiro atoms. The zero-order valence-electron chi connectivity index (χ0n) is 5.39. The third-order valence-corrected chi connectivity index (χ3v) is 1.68. The van der Waals surface area contributed by atoms with Gasteiger partial charge in [0.25, 0.3) is 0 Å². The molecule has 1 rings (SSSR count). The predicted octanol–water partition coefficient (Wildman–Crippen LogP) is -0.529. The molecule has 3 nitrogen and oxygen atoms in total. The van der Waals surface area contributed by atoms with Crippen LogP contribution in [-0.2, 0) is 4.79 Å². The van der Waals surface area contributed by atoms with E-state index in [0.29, 0.717) is 6.54 Å². The van der Waals surface area contributed by atoms with Crippen molar-refractivity contribution < 1.29 is 4.79 Å². The van der Waals surface area contributed by atoms with Crippen LogP contribution in [0.1, 0.15) is 12.8 Å². The van der Waals surface area contributed by atoms with Gasteiger partial charge in [-0.15, -0.1) is 0 Å². The second-order valence-corrected chi connectivity index (χ2v) is 2.35. The van der Waals surface area contributed by atoms with Gasteiger partial charge in [0.15, 0.2) is 0 Å². The van der Waals surface area contributed by atoms with E-state index in [0.717, 1.165) is 19.4 Å². The van der Waals surface area contributed by atoms with Gasteiger partial charge in [0.1, 0.15) is 0 Å². The zero-order chi connectivity index (χ0) is 6.69. The Balaban J connectivity index is 2.31. The third kappa shape index (κ3) is 1.42. The summed E-state index contributed by atoms with van der Waals surface area (Å²) in [6.45, 7) is 1.46. The molecule has 1 aliphatic heterocycles. The number of carbonyl (C=O) groups is 1. The fraction of sp³-hybridized carbons (Fsp3) is 0.833. The van der Waals surface area contributed by atoms with Crippen molar-refractivity contribution in [1.29, 1.82) is 0 Å². The zero-order valence-corrected chi connectivity index (χ0v) is 5.39. The van der Waals surface area contributed by atoms with Gasteiger partial charge in [-0.2, -0.15) is 0 Å². The van der Waals surface area contributed by atoms with Crippen LogP contribution in [0.5, 0.6) is 0 Å². The Morgan fingerprint density at radius 1 is 1.78 bits per heavy atom. The fourth-order valence-electron chi connectivity index (χ4n) is 1.12. The molecule has 3 N–H and O–H groups in total. The SMILES string of the molecule is NCC[C@H]1CCNC1=O. The van der Waals surface area contributed by atoms with E-state index in [9.17, 15) is 4.79 Å². The van der Waals surface area contributed by atoms with Crippen LogP contribution in [0.4, 0.5) is 0 Å². The van der Waals surface area contributed by atoms with Crippen molar-refractivity contribution in [2.75, 3.05) is 13.1 Å². The van der Waals surface area contributed by atoms with E-state index in [1.54, 1.807) is 0 Å². The van der Waals surface area contributed by atoms with Crippen LogP contribution in [0.25, 0.3) is 0 Å². The van der Waals surface area contributed by atoms with E-state index in [-0.39, 0.29) is 11.8 Å². The molecule has 1 saturated heterocycles. The average Bonchev–Trinajstić information content (AvgIpc) is 2.18. The number of hydrogen-bond donors (Lipinski definition) is 2. The van der Waals surface area contributed by atoms with Crippen molar-refractivity contribution >= 4 is 5.91 Å². The van der Waals surface area contributed by atoms with Crippen LogP contribution in [-0.4, -0.2) is 19.0 Å². The van der Waals surface area contributed by atoms with Crippen LogP contribution in [0.15, 0.2) is 0 Å². The molecular formula is C6H12N2O. The minimum atomic E-state index is 0.181. The highest BCUT2D eigenvalue weighted by molar-refractivity contribution is 5.80. The maximum absolute atomic E-state index is 10.8. The number of nitrogens with one attached hydrogen (secondary N) is 1. The fourth-order valence-corrected chi connectivity index (χ4v) is 1.12. The maximum Gasteiger partial charge on any atom is 0.223 e. The smallest absolute Gasteiger partial charge is 0.223 e. The largest absolute Gasteiger partial charge is 0.356 e. The quantitative estimate of drug-likeness (QED) is 0.525. The monoisotopic (exact) mass is 128 g/mol. The minimum absolute atomic E-state index is 0.181. The molecular weight excluding hydrogens is 116 g/mol. The summed E-state index contributed by atoms with van der Waals surface area (Å²) in [6.07, 6.45) is 1.81. The summed E-state index contributed by atoms with van der Waals surface area (Å²) in [7, 11) is 0. The molecule has 1 heterocycles. The lowest BCUT2D eigenvalue weighted by Crippen LogP contribution is -2.20. The summed E-state index contributed by atoms with van der Waals surface area (Å²) < 4.78 is 0. The van der Waals surface area contributed by atoms with E-state index in [2.05, 4.69) is 5.32 Å². The lowest BCUT2D eigenvalue weighted by Gasteiger charge is -2.01. The molecule has 9 heavy (non-hydrogen) atoms. The van der Waals surface area contributed by atoms with E-state index in [1.165, 1.54) is 0 Å². The molecule has 0 aromatic heterocycles. The van der Waals surface area contributed by atoms with Gasteiger partial charge in [-0.1, -0.05) is 0 Å². The van der Waals surface area contributed by atoms with Crippen molar-refractivity contribution in [3.05, 3.63) is 0 Å². The summed E-state index contributed by atoms with van der Waals surface area (Å²) >= 11 is 0. The average molecular weight is 128 g/mol. The number of rotatable bonds is 2. The lowest BCUT2D eigenvalue weighted by atomic mass is 10.1. The lowest BCUT2D eigenvalue weighted by molar-refractivity contribution is -0.122. The van der Waals surface area contributed by atoms with Crippen LogP contribution in [0, 0.1) is 5.92 Å². The molecule has 52 valence electrons. The Morgan fingerprint density at radius 3 is 3.00 bits per heavy atom.